The fourth-order valence-corrected chi connectivity index (χ4v) is 3.30. The van der Waals surface area contributed by atoms with Crippen LogP contribution in [0.25, 0.3) is 22.2 Å². The quantitative estimate of drug-likeness (QED) is 0.374. The van der Waals surface area contributed by atoms with Crippen molar-refractivity contribution in [3.8, 4) is 11.3 Å². The molecule has 2 nitrogen and oxygen atoms in total. The molecule has 31 heavy (non-hydrogen) atoms. The molecule has 1 aliphatic heterocycles. The summed E-state index contributed by atoms with van der Waals surface area (Å²) in [6, 6.07) is 13.6. The zero-order chi connectivity index (χ0) is 23.0. The van der Waals surface area contributed by atoms with Gasteiger partial charge in [0.25, 0.3) is 0 Å². The predicted molar refractivity (Wildman–Crippen MR) is 107 cm³/mol. The molecule has 8 heteroatoms. The molecular weight excluding hydrogens is 420 g/mol. The molecule has 0 aromatic heterocycles. The van der Waals surface area contributed by atoms with E-state index in [0.29, 0.717) is 12.1 Å². The Hall–Kier alpha value is -2.61. The highest BCUT2D eigenvalue weighted by atomic mass is 19.4. The molecule has 0 spiro atoms. The van der Waals surface area contributed by atoms with Gasteiger partial charge in [-0.25, -0.2) is 13.8 Å². The van der Waals surface area contributed by atoms with Crippen LogP contribution in [0.2, 0.25) is 0 Å². The summed E-state index contributed by atoms with van der Waals surface area (Å²) >= 11 is 0. The number of nitrogens with zero attached hydrogens (tertiary/aromatic N) is 1. The average molecular weight is 441 g/mol. The Morgan fingerprint density at radius 1 is 0.968 bits per heavy atom. The number of rotatable bonds is 5. The van der Waals surface area contributed by atoms with Gasteiger partial charge in [0.15, 0.2) is 0 Å². The van der Waals surface area contributed by atoms with Crippen molar-refractivity contribution >= 4 is 10.9 Å². The van der Waals surface area contributed by atoms with E-state index in [1.165, 1.54) is 16.6 Å². The summed E-state index contributed by atoms with van der Waals surface area (Å²) in [5.74, 6) is 0. The molecular formula is C23H21F6NO. The molecule has 4 rings (SSSR count). The molecule has 0 radical (unpaired) electrons. The fraction of sp³-hybridized carbons (Fsp3) is 0.348. The van der Waals surface area contributed by atoms with Crippen molar-refractivity contribution in [2.45, 2.75) is 43.9 Å². The van der Waals surface area contributed by atoms with Crippen LogP contribution in [0.3, 0.4) is 0 Å². The van der Waals surface area contributed by atoms with Crippen molar-refractivity contribution in [3.05, 3.63) is 65.7 Å². The molecule has 0 fully saturated rings. The van der Waals surface area contributed by atoms with Gasteiger partial charge in [0.2, 0.25) is 0 Å². The monoisotopic (exact) mass is 441 g/mol. The number of hydrogen-bond acceptors (Lipinski definition) is 2. The van der Waals surface area contributed by atoms with E-state index in [4.69, 9.17) is 0 Å². The van der Waals surface area contributed by atoms with E-state index in [2.05, 4.69) is 29.2 Å². The maximum absolute atomic E-state index is 14.2. The first kappa shape index (κ1) is 23.1. The van der Waals surface area contributed by atoms with Crippen LogP contribution < -0.4 is 0 Å². The first-order valence-corrected chi connectivity index (χ1v) is 9.59. The van der Waals surface area contributed by atoms with Gasteiger partial charge in [-0.2, -0.15) is 13.2 Å². The maximum atomic E-state index is 14.2. The number of aromatic nitrogens is 1. The number of fused-ring (bicyclic) bond motifs is 3. The van der Waals surface area contributed by atoms with Crippen LogP contribution >= 0.6 is 0 Å². The molecule has 4 unspecified atom stereocenters. The Morgan fingerprint density at radius 3 is 2.06 bits per heavy atom. The second-order valence-electron chi connectivity index (χ2n) is 7.77. The summed E-state index contributed by atoms with van der Waals surface area (Å²) in [6.45, 7) is 0.720. The summed E-state index contributed by atoms with van der Waals surface area (Å²) in [6.07, 6.45) is -10.8. The van der Waals surface area contributed by atoms with E-state index in [1.807, 2.05) is 6.07 Å². The van der Waals surface area contributed by atoms with E-state index in [9.17, 15) is 31.4 Å². The summed E-state index contributed by atoms with van der Waals surface area (Å²) in [4.78, 5) is 4.35. The molecule has 0 amide bonds. The van der Waals surface area contributed by atoms with E-state index in [1.54, 1.807) is 0 Å². The van der Waals surface area contributed by atoms with E-state index in [-0.39, 0.29) is 5.56 Å². The molecule has 4 atom stereocenters. The molecule has 0 saturated carbocycles. The van der Waals surface area contributed by atoms with Gasteiger partial charge in [-0.15, -0.1) is 0 Å². The predicted octanol–water partition coefficient (Wildman–Crippen LogP) is 6.20. The minimum absolute atomic E-state index is 0.0785. The highest BCUT2D eigenvalue weighted by Gasteiger charge is 2.43. The normalized spacial score (nSPS) is 17.2. The molecule has 1 N–H and O–H groups in total. The van der Waals surface area contributed by atoms with Crippen molar-refractivity contribution in [1.82, 2.24) is 4.98 Å². The molecule has 2 aromatic rings. The van der Waals surface area contributed by atoms with Crippen LogP contribution in [0, 0.1) is 0 Å². The first-order chi connectivity index (χ1) is 14.5. The van der Waals surface area contributed by atoms with Crippen LogP contribution in [-0.4, -0.2) is 35.2 Å². The van der Waals surface area contributed by atoms with Crippen LogP contribution in [0.4, 0.5) is 26.3 Å². The Kier molecular flexibility index (Phi) is 6.32. The van der Waals surface area contributed by atoms with Gasteiger partial charge in [-0.1, -0.05) is 37.3 Å². The van der Waals surface area contributed by atoms with E-state index < -0.39 is 42.3 Å². The summed E-state index contributed by atoms with van der Waals surface area (Å²) < 4.78 is 77.8. The number of para-hydroxylation sites is 1. The minimum atomic E-state index is -4.56. The van der Waals surface area contributed by atoms with Crippen molar-refractivity contribution in [3.63, 3.8) is 0 Å². The maximum Gasteiger partial charge on any atom is 0.416 e. The van der Waals surface area contributed by atoms with Crippen LogP contribution in [0.1, 0.15) is 25.0 Å². The fourth-order valence-electron chi connectivity index (χ4n) is 3.30. The zero-order valence-electron chi connectivity index (χ0n) is 16.8. The third-order valence-electron chi connectivity index (χ3n) is 5.44. The number of benzene rings is 2. The summed E-state index contributed by atoms with van der Waals surface area (Å²) in [7, 11) is 0. The van der Waals surface area contributed by atoms with Gasteiger partial charge in [-0.3, -0.25) is 4.39 Å². The Bertz CT molecular complexity index is 1050. The Morgan fingerprint density at radius 2 is 1.55 bits per heavy atom. The number of hydrogen-bond donors (Lipinski definition) is 1. The molecule has 0 bridgehead atoms. The summed E-state index contributed by atoms with van der Waals surface area (Å²) in [5.41, 5.74) is 0.698. The van der Waals surface area contributed by atoms with E-state index >= 15 is 0 Å². The molecule has 0 saturated heterocycles. The lowest BCUT2D eigenvalue weighted by Gasteiger charge is -2.34. The molecule has 2 aromatic carbocycles. The average Bonchev–Trinajstić information content (AvgIpc) is 3.43. The molecule has 1 aliphatic carbocycles. The number of aliphatic hydroxyl groups is 1. The highest BCUT2D eigenvalue weighted by molar-refractivity contribution is 6.04. The van der Waals surface area contributed by atoms with Crippen molar-refractivity contribution in [1.29, 1.82) is 0 Å². The Labute approximate surface area is 175 Å². The van der Waals surface area contributed by atoms with Gasteiger partial charge in [0.05, 0.1) is 22.2 Å². The Balaban J connectivity index is 0.000000220. The number of aliphatic hydroxyl groups excluding tert-OH is 1. The van der Waals surface area contributed by atoms with Crippen LogP contribution in [-0.2, 0) is 11.6 Å². The minimum Gasteiger partial charge on any atom is -0.387 e. The third kappa shape index (κ3) is 4.69. The van der Waals surface area contributed by atoms with Gasteiger partial charge < -0.3 is 5.11 Å². The van der Waals surface area contributed by atoms with Crippen molar-refractivity contribution in [2.24, 2.45) is 0 Å². The lowest BCUT2D eigenvalue weighted by Crippen LogP contribution is -2.46. The van der Waals surface area contributed by atoms with Crippen molar-refractivity contribution in [2.75, 3.05) is 6.67 Å². The van der Waals surface area contributed by atoms with Gasteiger partial charge in [0.1, 0.15) is 25.1 Å². The standard InChI is InChI=1S/C14H16F6O.C9H5N/c1-8(16)11(21)12(17)13(2,7-15)9-3-5-10(6-4-9)14(18,19)20;1-2-4-8-6(3-1)7-5-9(7)10-8/h3-6,8,11-12,21H,7H2,1-2H3;1-5H. The second kappa shape index (κ2) is 8.49. The molecule has 2 aliphatic rings. The van der Waals surface area contributed by atoms with Gasteiger partial charge >= 0.3 is 6.18 Å². The van der Waals surface area contributed by atoms with E-state index in [0.717, 1.165) is 31.5 Å². The smallest absolute Gasteiger partial charge is 0.387 e. The van der Waals surface area contributed by atoms with Crippen molar-refractivity contribution < 1.29 is 31.4 Å². The topological polar surface area (TPSA) is 33.1 Å². The number of halogens is 6. The first-order valence-electron chi connectivity index (χ1n) is 9.59. The SMILES string of the molecule is CC(F)C(O)C(F)C(C)(CF)c1ccc(C(F)(F)F)cc1.c1ccc2c3cc-3nc2c1. The zero-order valence-corrected chi connectivity index (χ0v) is 16.8. The largest absolute Gasteiger partial charge is 0.416 e. The van der Waals surface area contributed by atoms with Gasteiger partial charge in [-0.05, 0) is 36.8 Å². The lowest BCUT2D eigenvalue weighted by atomic mass is 9.76. The highest BCUT2D eigenvalue weighted by Crippen LogP contribution is 2.39. The summed E-state index contributed by atoms with van der Waals surface area (Å²) in [5, 5.41) is 10.7. The molecule has 166 valence electrons. The molecule has 1 heterocycles. The van der Waals surface area contributed by atoms with Gasteiger partial charge in [0, 0.05) is 10.9 Å². The van der Waals surface area contributed by atoms with Crippen LogP contribution in [0.15, 0.2) is 54.6 Å². The third-order valence-corrected chi connectivity index (χ3v) is 5.44. The lowest BCUT2D eigenvalue weighted by molar-refractivity contribution is -0.137. The number of alkyl halides is 6. The second-order valence-corrected chi connectivity index (χ2v) is 7.77. The number of pyridine rings is 1. The van der Waals surface area contributed by atoms with Crippen LogP contribution in [0.5, 0.6) is 0 Å².